The highest BCUT2D eigenvalue weighted by Crippen LogP contribution is 2.14. The molecular formula is C12H8O6S. The summed E-state index contributed by atoms with van der Waals surface area (Å²) in [4.78, 5) is 21.7. The van der Waals surface area contributed by atoms with Crippen LogP contribution in [-0.4, -0.2) is 24.9 Å². The third-order valence-electron chi connectivity index (χ3n) is 2.34. The molecule has 0 unspecified atom stereocenters. The second-order valence-corrected chi connectivity index (χ2v) is 5.11. The molecule has 6 nitrogen and oxygen atoms in total. The molecule has 1 N–H and O–H groups in total. The Bertz CT molecular complexity index is 694. The second kappa shape index (κ2) is 4.79. The predicted molar refractivity (Wildman–Crippen MR) is 64.5 cm³/mol. The summed E-state index contributed by atoms with van der Waals surface area (Å²) in [6.45, 7) is 0. The van der Waals surface area contributed by atoms with Gasteiger partial charge in [-0.1, -0.05) is 18.2 Å². The molecule has 19 heavy (non-hydrogen) atoms. The molecule has 1 aromatic rings. The highest BCUT2D eigenvalue weighted by Gasteiger charge is 2.20. The Hall–Kier alpha value is -2.25. The molecule has 0 amide bonds. The maximum atomic E-state index is 11.1. The molecule has 2 rings (SSSR count). The summed E-state index contributed by atoms with van der Waals surface area (Å²) >= 11 is 0. The van der Waals surface area contributed by atoms with Gasteiger partial charge in [-0.2, -0.15) is 8.42 Å². The number of ether oxygens (including phenoxy) is 1. The van der Waals surface area contributed by atoms with Crippen molar-refractivity contribution in [3.05, 3.63) is 47.6 Å². The zero-order valence-corrected chi connectivity index (χ0v) is 10.3. The van der Waals surface area contributed by atoms with Gasteiger partial charge in [0.1, 0.15) is 0 Å². The second-order valence-electron chi connectivity index (χ2n) is 3.69. The van der Waals surface area contributed by atoms with E-state index in [2.05, 4.69) is 4.74 Å². The minimum Gasteiger partial charge on any atom is -0.386 e. The summed E-state index contributed by atoms with van der Waals surface area (Å²) in [5, 5.41) is 0. The summed E-state index contributed by atoms with van der Waals surface area (Å²) in [5.41, 5.74) is 0.712. The molecule has 1 aliphatic heterocycles. The fourth-order valence-electron chi connectivity index (χ4n) is 1.42. The Labute approximate surface area is 108 Å². The van der Waals surface area contributed by atoms with E-state index in [1.165, 1.54) is 36.4 Å². The standard InChI is InChI=1S/C12H8O6S/c13-11-7-9(12(14)18-11)4-1-8-2-5-10(6-3-8)19(15,16)17/h1-7H,(H,15,16,17). The van der Waals surface area contributed by atoms with Gasteiger partial charge in [0.2, 0.25) is 0 Å². The van der Waals surface area contributed by atoms with Crippen LogP contribution in [0.25, 0.3) is 6.08 Å². The molecule has 0 fully saturated rings. The third kappa shape index (κ3) is 3.15. The number of hydrogen-bond donors (Lipinski definition) is 1. The average Bonchev–Trinajstić information content (AvgIpc) is 2.65. The Morgan fingerprint density at radius 3 is 2.16 bits per heavy atom. The van der Waals surface area contributed by atoms with E-state index in [-0.39, 0.29) is 10.5 Å². The van der Waals surface area contributed by atoms with Crippen LogP contribution in [0.15, 0.2) is 46.9 Å². The minimum atomic E-state index is -4.22. The first-order chi connectivity index (χ1) is 8.86. The van der Waals surface area contributed by atoms with Crippen LogP contribution in [0.3, 0.4) is 0 Å². The number of hydrogen-bond acceptors (Lipinski definition) is 5. The summed E-state index contributed by atoms with van der Waals surface area (Å²) in [7, 11) is -4.22. The van der Waals surface area contributed by atoms with Crippen LogP contribution in [0.5, 0.6) is 0 Å². The number of carbonyl (C=O) groups is 2. The molecule has 1 heterocycles. The maximum Gasteiger partial charge on any atom is 0.346 e. The van der Waals surface area contributed by atoms with Gasteiger partial charge in [-0.3, -0.25) is 4.55 Å². The first-order valence-electron chi connectivity index (χ1n) is 5.10. The van der Waals surface area contributed by atoms with Crippen LogP contribution in [0, 0.1) is 0 Å². The summed E-state index contributed by atoms with van der Waals surface area (Å²) in [6, 6.07) is 5.34. The van der Waals surface area contributed by atoms with Crippen LogP contribution >= 0.6 is 0 Å². The van der Waals surface area contributed by atoms with Gasteiger partial charge in [-0.15, -0.1) is 0 Å². The van der Waals surface area contributed by atoms with Crippen molar-refractivity contribution in [1.29, 1.82) is 0 Å². The Morgan fingerprint density at radius 1 is 1.05 bits per heavy atom. The highest BCUT2D eigenvalue weighted by atomic mass is 32.2. The molecule has 98 valence electrons. The van der Waals surface area contributed by atoms with Gasteiger partial charge in [0.05, 0.1) is 10.5 Å². The Kier molecular flexibility index (Phi) is 3.32. The number of esters is 2. The van der Waals surface area contributed by atoms with Crippen molar-refractivity contribution in [2.75, 3.05) is 0 Å². The smallest absolute Gasteiger partial charge is 0.346 e. The van der Waals surface area contributed by atoms with Crippen molar-refractivity contribution in [2.45, 2.75) is 4.90 Å². The van der Waals surface area contributed by atoms with E-state index < -0.39 is 22.1 Å². The van der Waals surface area contributed by atoms with Gasteiger partial charge in [0.15, 0.2) is 0 Å². The van der Waals surface area contributed by atoms with Gasteiger partial charge in [0, 0.05) is 6.08 Å². The van der Waals surface area contributed by atoms with Crippen LogP contribution in [0.1, 0.15) is 5.56 Å². The lowest BCUT2D eigenvalue weighted by molar-refractivity contribution is -0.150. The molecule has 0 bridgehead atoms. The van der Waals surface area contributed by atoms with E-state index in [9.17, 15) is 18.0 Å². The van der Waals surface area contributed by atoms with Gasteiger partial charge in [0.25, 0.3) is 10.1 Å². The molecule has 1 aromatic carbocycles. The van der Waals surface area contributed by atoms with Crippen molar-refractivity contribution in [3.8, 4) is 0 Å². The summed E-state index contributed by atoms with van der Waals surface area (Å²) in [5.74, 6) is -1.44. The van der Waals surface area contributed by atoms with E-state index in [1.54, 1.807) is 0 Å². The van der Waals surface area contributed by atoms with E-state index in [0.29, 0.717) is 5.56 Å². The Balaban J connectivity index is 2.19. The van der Waals surface area contributed by atoms with Crippen molar-refractivity contribution < 1.29 is 27.3 Å². The largest absolute Gasteiger partial charge is 0.386 e. The molecule has 0 saturated carbocycles. The first-order valence-corrected chi connectivity index (χ1v) is 6.54. The molecule has 0 radical (unpaired) electrons. The van der Waals surface area contributed by atoms with E-state index in [4.69, 9.17) is 4.55 Å². The quantitative estimate of drug-likeness (QED) is 0.503. The van der Waals surface area contributed by atoms with E-state index >= 15 is 0 Å². The zero-order chi connectivity index (χ0) is 14.0. The van der Waals surface area contributed by atoms with Gasteiger partial charge >= 0.3 is 11.9 Å². The van der Waals surface area contributed by atoms with Crippen LogP contribution in [0.2, 0.25) is 0 Å². The highest BCUT2D eigenvalue weighted by molar-refractivity contribution is 7.85. The van der Waals surface area contributed by atoms with Crippen molar-refractivity contribution in [1.82, 2.24) is 0 Å². The first kappa shape index (κ1) is 13.2. The zero-order valence-electron chi connectivity index (χ0n) is 9.44. The Morgan fingerprint density at radius 2 is 1.68 bits per heavy atom. The number of rotatable bonds is 3. The molecule has 0 spiro atoms. The fourth-order valence-corrected chi connectivity index (χ4v) is 1.90. The number of carbonyl (C=O) groups excluding carboxylic acids is 2. The molecule has 1 aliphatic rings. The van der Waals surface area contributed by atoms with Gasteiger partial charge in [-0.25, -0.2) is 9.59 Å². The summed E-state index contributed by atoms with van der Waals surface area (Å²) in [6.07, 6.45) is 3.96. The summed E-state index contributed by atoms with van der Waals surface area (Å²) < 4.78 is 34.7. The van der Waals surface area contributed by atoms with Crippen LogP contribution in [-0.2, 0) is 24.4 Å². The lowest BCUT2D eigenvalue weighted by atomic mass is 10.1. The number of cyclic esters (lactones) is 2. The third-order valence-corrected chi connectivity index (χ3v) is 3.20. The molecule has 0 aliphatic carbocycles. The monoisotopic (exact) mass is 280 g/mol. The maximum absolute atomic E-state index is 11.1. The van der Waals surface area contributed by atoms with E-state index in [0.717, 1.165) is 6.08 Å². The normalized spacial score (nSPS) is 15.7. The van der Waals surface area contributed by atoms with E-state index in [1.807, 2.05) is 0 Å². The molecule has 7 heteroatoms. The van der Waals surface area contributed by atoms with Crippen molar-refractivity contribution in [2.24, 2.45) is 0 Å². The number of benzene rings is 1. The van der Waals surface area contributed by atoms with Crippen molar-refractivity contribution >= 4 is 28.1 Å². The lowest BCUT2D eigenvalue weighted by Crippen LogP contribution is -2.00. The molecule has 0 atom stereocenters. The molecular weight excluding hydrogens is 272 g/mol. The van der Waals surface area contributed by atoms with Crippen LogP contribution < -0.4 is 0 Å². The molecule has 0 saturated heterocycles. The topological polar surface area (TPSA) is 97.7 Å². The minimum absolute atomic E-state index is 0.115. The fraction of sp³-hybridized carbons (Fsp3) is 0. The predicted octanol–water partition coefficient (Wildman–Crippen LogP) is 0.956. The molecule has 0 aromatic heterocycles. The van der Waals surface area contributed by atoms with Gasteiger partial charge in [-0.05, 0) is 23.8 Å². The van der Waals surface area contributed by atoms with Gasteiger partial charge < -0.3 is 4.74 Å². The average molecular weight is 280 g/mol. The van der Waals surface area contributed by atoms with Crippen LogP contribution in [0.4, 0.5) is 0 Å². The van der Waals surface area contributed by atoms with Crippen molar-refractivity contribution in [3.63, 3.8) is 0 Å². The SMILES string of the molecule is O=C1C=C(C=Cc2ccc(S(=O)(=O)O)cc2)C(=O)O1. The lowest BCUT2D eigenvalue weighted by Gasteiger charge is -1.97.